The molecule has 1 amide bonds. The van der Waals surface area contributed by atoms with Gasteiger partial charge in [-0.25, -0.2) is 8.42 Å². The highest BCUT2D eigenvalue weighted by molar-refractivity contribution is 7.89. The topological polar surface area (TPSA) is 102 Å². The lowest BCUT2D eigenvalue weighted by atomic mass is 10.2. The molecule has 1 aromatic rings. The van der Waals surface area contributed by atoms with Crippen LogP contribution < -0.4 is 5.32 Å². The fourth-order valence-electron chi connectivity index (χ4n) is 2.34. The van der Waals surface area contributed by atoms with Crippen molar-refractivity contribution < 1.29 is 27.5 Å². The zero-order valence-corrected chi connectivity index (χ0v) is 14.9. The van der Waals surface area contributed by atoms with Gasteiger partial charge in [-0.15, -0.1) is 0 Å². The monoisotopic (exact) mass is 370 g/mol. The van der Waals surface area contributed by atoms with Crippen LogP contribution in [0, 0.1) is 0 Å². The maximum Gasteiger partial charge on any atom is 0.306 e. The Kier molecular flexibility index (Phi) is 6.91. The van der Waals surface area contributed by atoms with Gasteiger partial charge in [0, 0.05) is 25.2 Å². The molecule has 0 spiro atoms. The Morgan fingerprint density at radius 1 is 1.24 bits per heavy atom. The molecule has 0 radical (unpaired) electrons. The van der Waals surface area contributed by atoms with Crippen LogP contribution >= 0.6 is 0 Å². The van der Waals surface area contributed by atoms with Gasteiger partial charge < -0.3 is 14.8 Å². The van der Waals surface area contributed by atoms with Crippen molar-refractivity contribution in [2.24, 2.45) is 0 Å². The summed E-state index contributed by atoms with van der Waals surface area (Å²) in [6, 6.07) is 6.06. The summed E-state index contributed by atoms with van der Waals surface area (Å²) in [6.45, 7) is 3.30. The van der Waals surface area contributed by atoms with Crippen molar-refractivity contribution in [3.8, 4) is 0 Å². The Bertz CT molecular complexity index is 713. The second kappa shape index (κ2) is 8.93. The lowest BCUT2D eigenvalue weighted by molar-refractivity contribution is -0.144. The standard InChI is InChI=1S/C16H22N2O6S/c1-2-24-16(20)7-6-15(19)17-13-4-3-5-14(12-13)25(21,22)18-8-10-23-11-9-18/h3-5,12H,2,6-11H2,1H3,(H,17,19). The van der Waals surface area contributed by atoms with Crippen LogP contribution in [-0.4, -0.2) is 57.5 Å². The van der Waals surface area contributed by atoms with Crippen LogP contribution in [0.5, 0.6) is 0 Å². The molecule has 0 aromatic heterocycles. The van der Waals surface area contributed by atoms with Gasteiger partial charge in [0.1, 0.15) is 0 Å². The summed E-state index contributed by atoms with van der Waals surface area (Å²) in [6.07, 6.45) is -0.0509. The van der Waals surface area contributed by atoms with E-state index in [0.29, 0.717) is 32.0 Å². The minimum absolute atomic E-state index is 0.0224. The number of anilines is 1. The molecule has 1 aliphatic rings. The van der Waals surface area contributed by atoms with Crippen molar-refractivity contribution in [2.75, 3.05) is 38.2 Å². The minimum atomic E-state index is -3.63. The van der Waals surface area contributed by atoms with Gasteiger partial charge in [-0.05, 0) is 25.1 Å². The first kappa shape index (κ1) is 19.4. The number of ether oxygens (including phenoxy) is 2. The van der Waals surface area contributed by atoms with Crippen molar-refractivity contribution in [3.63, 3.8) is 0 Å². The summed E-state index contributed by atoms with van der Waals surface area (Å²) in [5.74, 6) is -0.824. The molecule has 8 nitrogen and oxygen atoms in total. The smallest absolute Gasteiger partial charge is 0.306 e. The van der Waals surface area contributed by atoms with Crippen LogP contribution in [0.15, 0.2) is 29.2 Å². The number of carbonyl (C=O) groups is 2. The molecule has 0 saturated carbocycles. The zero-order chi connectivity index (χ0) is 18.3. The van der Waals surface area contributed by atoms with E-state index >= 15 is 0 Å². The molecule has 1 heterocycles. The number of morpholine rings is 1. The number of esters is 1. The van der Waals surface area contributed by atoms with E-state index in [1.807, 2.05) is 0 Å². The molecule has 1 saturated heterocycles. The number of amides is 1. The first-order valence-corrected chi connectivity index (χ1v) is 9.51. The fraction of sp³-hybridized carbons (Fsp3) is 0.500. The third-order valence-corrected chi connectivity index (χ3v) is 5.48. The number of benzene rings is 1. The highest BCUT2D eigenvalue weighted by atomic mass is 32.2. The van der Waals surface area contributed by atoms with Crippen molar-refractivity contribution in [2.45, 2.75) is 24.7 Å². The molecule has 0 bridgehead atoms. The Morgan fingerprint density at radius 3 is 2.64 bits per heavy atom. The number of carbonyl (C=O) groups excluding carboxylic acids is 2. The van der Waals surface area contributed by atoms with Gasteiger partial charge in [0.2, 0.25) is 15.9 Å². The molecule has 9 heteroatoms. The summed E-state index contributed by atoms with van der Waals surface area (Å²) in [5.41, 5.74) is 0.364. The number of rotatable bonds is 7. The van der Waals surface area contributed by atoms with Gasteiger partial charge in [0.25, 0.3) is 0 Å². The highest BCUT2D eigenvalue weighted by Gasteiger charge is 2.26. The molecule has 0 unspecified atom stereocenters. The van der Waals surface area contributed by atoms with Gasteiger partial charge in [0.05, 0.1) is 31.1 Å². The molecule has 0 aliphatic carbocycles. The van der Waals surface area contributed by atoms with E-state index in [1.54, 1.807) is 19.1 Å². The average Bonchev–Trinajstić information content (AvgIpc) is 2.61. The predicted octanol–water partition coefficient (Wildman–Crippen LogP) is 0.989. The van der Waals surface area contributed by atoms with E-state index in [1.165, 1.54) is 16.4 Å². The number of hydrogen-bond acceptors (Lipinski definition) is 6. The van der Waals surface area contributed by atoms with Gasteiger partial charge in [-0.1, -0.05) is 6.07 Å². The summed E-state index contributed by atoms with van der Waals surface area (Å²) in [4.78, 5) is 23.3. The summed E-state index contributed by atoms with van der Waals surface area (Å²) >= 11 is 0. The largest absolute Gasteiger partial charge is 0.466 e. The van der Waals surface area contributed by atoms with Crippen LogP contribution in [0.3, 0.4) is 0 Å². The summed E-state index contributed by atoms with van der Waals surface area (Å²) < 4.78 is 36.5. The lowest BCUT2D eigenvalue weighted by Crippen LogP contribution is -2.40. The maximum absolute atomic E-state index is 12.6. The van der Waals surface area contributed by atoms with Gasteiger partial charge >= 0.3 is 5.97 Å². The van der Waals surface area contributed by atoms with E-state index in [4.69, 9.17) is 9.47 Å². The number of nitrogens with one attached hydrogen (secondary N) is 1. The van der Waals surface area contributed by atoms with E-state index < -0.39 is 16.0 Å². The maximum atomic E-state index is 12.6. The molecule has 1 aromatic carbocycles. The Balaban J connectivity index is 2.00. The van der Waals surface area contributed by atoms with Crippen molar-refractivity contribution in [3.05, 3.63) is 24.3 Å². The lowest BCUT2D eigenvalue weighted by Gasteiger charge is -2.26. The molecule has 1 aliphatic heterocycles. The summed E-state index contributed by atoms with van der Waals surface area (Å²) in [5, 5.41) is 2.60. The third kappa shape index (κ3) is 5.52. The number of sulfonamides is 1. The Labute approximate surface area is 147 Å². The van der Waals surface area contributed by atoms with Crippen LogP contribution in [0.25, 0.3) is 0 Å². The summed E-state index contributed by atoms with van der Waals surface area (Å²) in [7, 11) is -3.63. The quantitative estimate of drug-likeness (QED) is 0.718. The zero-order valence-electron chi connectivity index (χ0n) is 14.1. The molecule has 0 atom stereocenters. The molecule has 2 rings (SSSR count). The van der Waals surface area contributed by atoms with Crippen molar-refractivity contribution in [1.82, 2.24) is 4.31 Å². The Hall–Kier alpha value is -1.97. The van der Waals surface area contributed by atoms with Crippen LogP contribution in [0.4, 0.5) is 5.69 Å². The van der Waals surface area contributed by atoms with Gasteiger partial charge in [-0.3, -0.25) is 9.59 Å². The third-order valence-electron chi connectivity index (χ3n) is 3.59. The molecular formula is C16H22N2O6S. The first-order chi connectivity index (χ1) is 11.9. The van der Waals surface area contributed by atoms with E-state index in [0.717, 1.165) is 0 Å². The van der Waals surface area contributed by atoms with E-state index in [2.05, 4.69) is 5.32 Å². The van der Waals surface area contributed by atoms with Crippen molar-refractivity contribution in [1.29, 1.82) is 0 Å². The van der Waals surface area contributed by atoms with Crippen molar-refractivity contribution >= 4 is 27.6 Å². The SMILES string of the molecule is CCOC(=O)CCC(=O)Nc1cccc(S(=O)(=O)N2CCOCC2)c1. The first-order valence-electron chi connectivity index (χ1n) is 8.07. The predicted molar refractivity (Wildman–Crippen MR) is 90.5 cm³/mol. The second-order valence-corrected chi connectivity index (χ2v) is 7.34. The molecule has 1 N–H and O–H groups in total. The molecule has 1 fully saturated rings. The van der Waals surface area contributed by atoms with Crippen LogP contribution in [-0.2, 0) is 29.1 Å². The van der Waals surface area contributed by atoms with Crippen LogP contribution in [0.1, 0.15) is 19.8 Å². The molecular weight excluding hydrogens is 348 g/mol. The normalized spacial score (nSPS) is 15.6. The van der Waals surface area contributed by atoms with Gasteiger partial charge in [-0.2, -0.15) is 4.31 Å². The van der Waals surface area contributed by atoms with E-state index in [9.17, 15) is 18.0 Å². The fourth-order valence-corrected chi connectivity index (χ4v) is 3.80. The number of hydrogen-bond donors (Lipinski definition) is 1. The molecule has 138 valence electrons. The minimum Gasteiger partial charge on any atom is -0.466 e. The average molecular weight is 370 g/mol. The van der Waals surface area contributed by atoms with Crippen LogP contribution in [0.2, 0.25) is 0 Å². The highest BCUT2D eigenvalue weighted by Crippen LogP contribution is 2.20. The Morgan fingerprint density at radius 2 is 1.96 bits per heavy atom. The molecule has 25 heavy (non-hydrogen) atoms. The van der Waals surface area contributed by atoms with E-state index in [-0.39, 0.29) is 30.3 Å². The van der Waals surface area contributed by atoms with Gasteiger partial charge in [0.15, 0.2) is 0 Å². The number of nitrogens with zero attached hydrogens (tertiary/aromatic N) is 1. The second-order valence-electron chi connectivity index (χ2n) is 5.40.